The van der Waals surface area contributed by atoms with Crippen molar-refractivity contribution in [3.05, 3.63) is 39.9 Å². The fourth-order valence-corrected chi connectivity index (χ4v) is 2.20. The third-order valence-electron chi connectivity index (χ3n) is 2.76. The smallest absolute Gasteiger partial charge is 0.181 e. The fraction of sp³-hybridized carbons (Fsp3) is 0.0833. The number of aromatic amines is 1. The van der Waals surface area contributed by atoms with Gasteiger partial charge in [-0.1, -0.05) is 21.1 Å². The standard InChI is InChI=1S/C12H8BrF2N5O/c13-5-1-7(14)6(8(15)2-5)4-21-9-3-10(16)17-12-11(9)18-20-19-12/h1-3H,4H2,(H3,16,17,18,19,20). The second-order valence-corrected chi connectivity index (χ2v) is 5.11. The van der Waals surface area contributed by atoms with Gasteiger partial charge in [-0.15, -0.1) is 5.10 Å². The van der Waals surface area contributed by atoms with E-state index in [1.54, 1.807) is 0 Å². The van der Waals surface area contributed by atoms with Gasteiger partial charge in [-0.25, -0.2) is 18.9 Å². The summed E-state index contributed by atoms with van der Waals surface area (Å²) >= 11 is 3.01. The Balaban J connectivity index is 1.92. The number of H-pyrrole nitrogens is 1. The molecule has 2 heterocycles. The molecule has 1 aromatic carbocycles. The molecule has 2 aromatic heterocycles. The number of anilines is 1. The molecule has 9 heteroatoms. The van der Waals surface area contributed by atoms with Crippen LogP contribution < -0.4 is 10.5 Å². The molecule has 0 aliphatic heterocycles. The van der Waals surface area contributed by atoms with Crippen LogP contribution in [0.2, 0.25) is 0 Å². The number of fused-ring (bicyclic) bond motifs is 1. The number of nitrogen functional groups attached to an aromatic ring is 1. The highest BCUT2D eigenvalue weighted by Gasteiger charge is 2.14. The summed E-state index contributed by atoms with van der Waals surface area (Å²) in [5.41, 5.74) is 6.09. The lowest BCUT2D eigenvalue weighted by Crippen LogP contribution is -2.03. The zero-order chi connectivity index (χ0) is 15.0. The van der Waals surface area contributed by atoms with Crippen molar-refractivity contribution >= 4 is 32.9 Å². The van der Waals surface area contributed by atoms with E-state index >= 15 is 0 Å². The zero-order valence-electron chi connectivity index (χ0n) is 10.4. The summed E-state index contributed by atoms with van der Waals surface area (Å²) in [6.45, 7) is -0.309. The Morgan fingerprint density at radius 1 is 1.24 bits per heavy atom. The molecule has 0 saturated carbocycles. The van der Waals surface area contributed by atoms with E-state index in [1.807, 2.05) is 0 Å². The summed E-state index contributed by atoms with van der Waals surface area (Å²) in [5, 5.41) is 9.91. The maximum absolute atomic E-state index is 13.7. The highest BCUT2D eigenvalue weighted by molar-refractivity contribution is 9.10. The summed E-state index contributed by atoms with van der Waals surface area (Å²) < 4.78 is 33.2. The maximum atomic E-state index is 13.7. The second kappa shape index (κ2) is 5.24. The topological polar surface area (TPSA) is 89.7 Å². The molecule has 3 aromatic rings. The first-order valence-corrected chi connectivity index (χ1v) is 6.57. The number of rotatable bonds is 3. The number of aromatic nitrogens is 4. The van der Waals surface area contributed by atoms with Gasteiger partial charge in [0.25, 0.3) is 0 Å². The van der Waals surface area contributed by atoms with Gasteiger partial charge < -0.3 is 10.5 Å². The highest BCUT2D eigenvalue weighted by Crippen LogP contribution is 2.26. The molecular weight excluding hydrogens is 348 g/mol. The second-order valence-electron chi connectivity index (χ2n) is 4.19. The Labute approximate surface area is 125 Å². The molecule has 6 nitrogen and oxygen atoms in total. The van der Waals surface area contributed by atoms with Gasteiger partial charge in [-0.2, -0.15) is 0 Å². The lowest BCUT2D eigenvalue weighted by molar-refractivity contribution is 0.295. The Hall–Kier alpha value is -2.29. The Morgan fingerprint density at radius 2 is 1.95 bits per heavy atom. The molecule has 0 radical (unpaired) electrons. The van der Waals surface area contributed by atoms with Crippen molar-refractivity contribution in [2.24, 2.45) is 0 Å². The van der Waals surface area contributed by atoms with Crippen molar-refractivity contribution in [2.75, 3.05) is 5.73 Å². The van der Waals surface area contributed by atoms with Crippen LogP contribution in [0, 0.1) is 11.6 Å². The first-order valence-electron chi connectivity index (χ1n) is 5.78. The Kier molecular flexibility index (Phi) is 3.42. The van der Waals surface area contributed by atoms with Crippen LogP contribution in [0.1, 0.15) is 5.56 Å². The number of hydrogen-bond donors (Lipinski definition) is 2. The molecule has 3 rings (SSSR count). The van der Waals surface area contributed by atoms with Gasteiger partial charge in [0, 0.05) is 10.5 Å². The molecule has 0 aliphatic rings. The van der Waals surface area contributed by atoms with Crippen LogP contribution >= 0.6 is 15.9 Å². The van der Waals surface area contributed by atoms with Gasteiger partial charge in [0.2, 0.25) is 0 Å². The van der Waals surface area contributed by atoms with Crippen LogP contribution in [0.15, 0.2) is 22.7 Å². The summed E-state index contributed by atoms with van der Waals surface area (Å²) in [7, 11) is 0. The maximum Gasteiger partial charge on any atom is 0.181 e. The van der Waals surface area contributed by atoms with E-state index in [4.69, 9.17) is 10.5 Å². The predicted octanol–water partition coefficient (Wildman–Crippen LogP) is 2.55. The number of ether oxygens (including phenoxy) is 1. The SMILES string of the molecule is Nc1cc(OCc2c(F)cc(Br)cc2F)c2nn[nH]c2n1. The molecule has 0 spiro atoms. The largest absolute Gasteiger partial charge is 0.486 e. The van der Waals surface area contributed by atoms with E-state index in [0.29, 0.717) is 15.6 Å². The van der Waals surface area contributed by atoms with Crippen molar-refractivity contribution in [2.45, 2.75) is 6.61 Å². The summed E-state index contributed by atoms with van der Waals surface area (Å²) in [6.07, 6.45) is 0. The molecule has 0 atom stereocenters. The van der Waals surface area contributed by atoms with Gasteiger partial charge in [0.15, 0.2) is 16.9 Å². The first kappa shape index (κ1) is 13.7. The summed E-state index contributed by atoms with van der Waals surface area (Å²) in [4.78, 5) is 3.96. The third-order valence-corrected chi connectivity index (χ3v) is 3.22. The monoisotopic (exact) mass is 355 g/mol. The number of nitrogens with zero attached hydrogens (tertiary/aromatic N) is 3. The number of benzene rings is 1. The molecule has 3 N–H and O–H groups in total. The van der Waals surface area contributed by atoms with Crippen LogP contribution in [0.5, 0.6) is 5.75 Å². The van der Waals surface area contributed by atoms with E-state index in [1.165, 1.54) is 6.07 Å². The molecule has 0 unspecified atom stereocenters. The number of pyridine rings is 1. The molecule has 0 aliphatic carbocycles. The van der Waals surface area contributed by atoms with E-state index < -0.39 is 11.6 Å². The van der Waals surface area contributed by atoms with Crippen molar-refractivity contribution < 1.29 is 13.5 Å². The first-order chi connectivity index (χ1) is 10.0. The van der Waals surface area contributed by atoms with Gasteiger partial charge >= 0.3 is 0 Å². The van der Waals surface area contributed by atoms with Crippen LogP contribution in [0.4, 0.5) is 14.6 Å². The van der Waals surface area contributed by atoms with Crippen LogP contribution in [0.3, 0.4) is 0 Å². The van der Waals surface area contributed by atoms with Crippen LogP contribution in [-0.2, 0) is 6.61 Å². The summed E-state index contributed by atoms with van der Waals surface area (Å²) in [5.74, 6) is -0.992. The number of nitrogens with one attached hydrogen (secondary N) is 1. The van der Waals surface area contributed by atoms with E-state index in [9.17, 15) is 8.78 Å². The van der Waals surface area contributed by atoms with Crippen molar-refractivity contribution in [3.63, 3.8) is 0 Å². The quantitative estimate of drug-likeness (QED) is 0.753. The Morgan fingerprint density at radius 3 is 2.67 bits per heavy atom. The summed E-state index contributed by atoms with van der Waals surface area (Å²) in [6, 6.07) is 3.74. The van der Waals surface area contributed by atoms with Crippen molar-refractivity contribution in [3.8, 4) is 5.75 Å². The van der Waals surface area contributed by atoms with Gasteiger partial charge in [0.05, 0.1) is 5.56 Å². The molecule has 0 bridgehead atoms. The minimum absolute atomic E-state index is 0.181. The zero-order valence-corrected chi connectivity index (χ0v) is 12.0. The molecule has 0 amide bonds. The molecule has 21 heavy (non-hydrogen) atoms. The normalized spacial score (nSPS) is 11.0. The molecular formula is C12H8BrF2N5O. The molecule has 108 valence electrons. The van der Waals surface area contributed by atoms with Crippen LogP contribution in [0.25, 0.3) is 11.2 Å². The lowest BCUT2D eigenvalue weighted by atomic mass is 10.2. The minimum Gasteiger partial charge on any atom is -0.486 e. The third kappa shape index (κ3) is 2.64. The van der Waals surface area contributed by atoms with E-state index in [0.717, 1.165) is 12.1 Å². The average molecular weight is 356 g/mol. The van der Waals surface area contributed by atoms with Gasteiger partial charge in [0.1, 0.15) is 24.1 Å². The lowest BCUT2D eigenvalue weighted by Gasteiger charge is -2.09. The highest BCUT2D eigenvalue weighted by atomic mass is 79.9. The van der Waals surface area contributed by atoms with Gasteiger partial charge in [-0.3, -0.25) is 0 Å². The number of halogens is 3. The molecule has 0 saturated heterocycles. The van der Waals surface area contributed by atoms with Crippen LogP contribution in [-0.4, -0.2) is 20.4 Å². The number of hydrogen-bond acceptors (Lipinski definition) is 5. The molecule has 0 fully saturated rings. The minimum atomic E-state index is -0.708. The fourth-order valence-electron chi connectivity index (χ4n) is 1.80. The van der Waals surface area contributed by atoms with E-state index in [-0.39, 0.29) is 23.7 Å². The van der Waals surface area contributed by atoms with Gasteiger partial charge in [-0.05, 0) is 12.1 Å². The van der Waals surface area contributed by atoms with E-state index in [2.05, 4.69) is 36.3 Å². The number of nitrogens with two attached hydrogens (primary N) is 1. The Bertz CT molecular complexity index is 800. The van der Waals surface area contributed by atoms with Crippen molar-refractivity contribution in [1.82, 2.24) is 20.4 Å². The average Bonchev–Trinajstić information content (AvgIpc) is 2.85. The van der Waals surface area contributed by atoms with Crippen molar-refractivity contribution in [1.29, 1.82) is 0 Å². The predicted molar refractivity (Wildman–Crippen MR) is 74.5 cm³/mol.